The third kappa shape index (κ3) is 4.50. The first-order valence-electron chi connectivity index (χ1n) is 9.30. The number of hydrogen-bond acceptors (Lipinski definition) is 4. The predicted octanol–water partition coefficient (Wildman–Crippen LogP) is 1.45. The molecule has 25 heavy (non-hydrogen) atoms. The molecule has 2 saturated heterocycles. The molecule has 1 aromatic rings. The fourth-order valence-electron chi connectivity index (χ4n) is 3.72. The third-order valence-corrected chi connectivity index (χ3v) is 5.55. The fraction of sp³-hybridized carbons (Fsp3) is 0.632. The Hall–Kier alpha value is -1.66. The van der Waals surface area contributed by atoms with E-state index < -0.39 is 0 Å². The number of amides is 1. The normalized spacial score (nSPS) is 26.3. The lowest BCUT2D eigenvalue weighted by atomic mass is 9.95. The maximum absolute atomic E-state index is 13.1. The third-order valence-electron chi connectivity index (χ3n) is 5.55. The zero-order valence-electron chi connectivity index (χ0n) is 15.2. The standard InChI is InChI=1S/C19H29FN4O/c1-14-13-21-8-7-18(14)22-19(25)15(2)23-9-11-24(12-10-23)17-5-3-16(20)4-6-17/h3-6,14-15,18,21H,7-13H2,1-2H3,(H,22,25). The molecular formula is C19H29FN4O. The Morgan fingerprint density at radius 2 is 1.92 bits per heavy atom. The van der Waals surface area contributed by atoms with Gasteiger partial charge in [-0.05, 0) is 56.6 Å². The molecule has 0 bridgehead atoms. The molecule has 1 amide bonds. The van der Waals surface area contributed by atoms with Gasteiger partial charge in [0.25, 0.3) is 0 Å². The summed E-state index contributed by atoms with van der Waals surface area (Å²) in [4.78, 5) is 17.1. The Bertz CT molecular complexity index is 571. The van der Waals surface area contributed by atoms with Crippen molar-refractivity contribution in [1.82, 2.24) is 15.5 Å². The van der Waals surface area contributed by atoms with Gasteiger partial charge in [0.1, 0.15) is 5.82 Å². The van der Waals surface area contributed by atoms with Gasteiger partial charge < -0.3 is 15.5 Å². The molecule has 2 aliphatic rings. The first-order chi connectivity index (χ1) is 12.0. The van der Waals surface area contributed by atoms with E-state index in [9.17, 15) is 9.18 Å². The van der Waals surface area contributed by atoms with Crippen LogP contribution in [0.4, 0.5) is 10.1 Å². The Kier molecular flexibility index (Phi) is 5.91. The number of rotatable bonds is 4. The van der Waals surface area contributed by atoms with E-state index in [2.05, 4.69) is 27.4 Å². The fourth-order valence-corrected chi connectivity index (χ4v) is 3.72. The predicted molar refractivity (Wildman–Crippen MR) is 98.2 cm³/mol. The van der Waals surface area contributed by atoms with E-state index >= 15 is 0 Å². The highest BCUT2D eigenvalue weighted by molar-refractivity contribution is 5.81. The maximum Gasteiger partial charge on any atom is 0.237 e. The van der Waals surface area contributed by atoms with Crippen LogP contribution < -0.4 is 15.5 Å². The number of carbonyl (C=O) groups is 1. The van der Waals surface area contributed by atoms with Crippen molar-refractivity contribution in [2.75, 3.05) is 44.2 Å². The van der Waals surface area contributed by atoms with Crippen molar-refractivity contribution in [2.24, 2.45) is 5.92 Å². The second kappa shape index (κ2) is 8.15. The first-order valence-corrected chi connectivity index (χ1v) is 9.30. The van der Waals surface area contributed by atoms with E-state index in [4.69, 9.17) is 0 Å². The number of piperazine rings is 1. The molecule has 2 aliphatic heterocycles. The van der Waals surface area contributed by atoms with E-state index in [1.54, 1.807) is 0 Å². The topological polar surface area (TPSA) is 47.6 Å². The van der Waals surface area contributed by atoms with Crippen LogP contribution in [0.3, 0.4) is 0 Å². The van der Waals surface area contributed by atoms with Gasteiger partial charge in [-0.25, -0.2) is 4.39 Å². The lowest BCUT2D eigenvalue weighted by Gasteiger charge is -2.39. The SMILES string of the molecule is CC1CNCCC1NC(=O)C(C)N1CCN(c2ccc(F)cc2)CC1. The summed E-state index contributed by atoms with van der Waals surface area (Å²) in [6.45, 7) is 9.51. The minimum atomic E-state index is -0.208. The lowest BCUT2D eigenvalue weighted by molar-refractivity contribution is -0.127. The molecule has 0 aromatic heterocycles. The smallest absolute Gasteiger partial charge is 0.237 e. The van der Waals surface area contributed by atoms with Gasteiger partial charge in [-0.3, -0.25) is 9.69 Å². The molecule has 3 rings (SSSR count). The average Bonchev–Trinajstić information content (AvgIpc) is 2.64. The van der Waals surface area contributed by atoms with Gasteiger partial charge in [0, 0.05) is 37.9 Å². The van der Waals surface area contributed by atoms with Crippen molar-refractivity contribution in [2.45, 2.75) is 32.4 Å². The van der Waals surface area contributed by atoms with Crippen LogP contribution in [0, 0.1) is 11.7 Å². The summed E-state index contributed by atoms with van der Waals surface area (Å²) < 4.78 is 13.1. The lowest BCUT2D eigenvalue weighted by Crippen LogP contribution is -2.57. The number of carbonyl (C=O) groups excluding carboxylic acids is 1. The molecule has 138 valence electrons. The Morgan fingerprint density at radius 1 is 1.24 bits per heavy atom. The molecular weight excluding hydrogens is 319 g/mol. The molecule has 3 unspecified atom stereocenters. The van der Waals surface area contributed by atoms with Crippen molar-refractivity contribution < 1.29 is 9.18 Å². The summed E-state index contributed by atoms with van der Waals surface area (Å²) in [5, 5.41) is 6.60. The zero-order chi connectivity index (χ0) is 17.8. The maximum atomic E-state index is 13.1. The van der Waals surface area contributed by atoms with Crippen molar-refractivity contribution in [3.8, 4) is 0 Å². The highest BCUT2D eigenvalue weighted by Crippen LogP contribution is 2.18. The van der Waals surface area contributed by atoms with Crippen molar-refractivity contribution in [1.29, 1.82) is 0 Å². The summed E-state index contributed by atoms with van der Waals surface area (Å²) in [6.07, 6.45) is 0.998. The van der Waals surface area contributed by atoms with Gasteiger partial charge in [0.05, 0.1) is 6.04 Å². The monoisotopic (exact) mass is 348 g/mol. The van der Waals surface area contributed by atoms with Gasteiger partial charge in [-0.2, -0.15) is 0 Å². The van der Waals surface area contributed by atoms with Crippen LogP contribution in [-0.2, 0) is 4.79 Å². The number of anilines is 1. The molecule has 6 heteroatoms. The molecule has 2 fully saturated rings. The number of hydrogen-bond donors (Lipinski definition) is 2. The van der Waals surface area contributed by atoms with Gasteiger partial charge in [0.2, 0.25) is 5.91 Å². The average molecular weight is 348 g/mol. The molecule has 5 nitrogen and oxygen atoms in total. The van der Waals surface area contributed by atoms with E-state index in [-0.39, 0.29) is 23.8 Å². The highest BCUT2D eigenvalue weighted by Gasteiger charge is 2.29. The number of nitrogens with zero attached hydrogens (tertiary/aromatic N) is 2. The van der Waals surface area contributed by atoms with Crippen LogP contribution in [0.2, 0.25) is 0 Å². The van der Waals surface area contributed by atoms with E-state index in [1.807, 2.05) is 19.1 Å². The Morgan fingerprint density at radius 3 is 2.56 bits per heavy atom. The quantitative estimate of drug-likeness (QED) is 0.865. The highest BCUT2D eigenvalue weighted by atomic mass is 19.1. The van der Waals surface area contributed by atoms with Gasteiger partial charge in [-0.15, -0.1) is 0 Å². The van der Waals surface area contributed by atoms with E-state index in [0.29, 0.717) is 5.92 Å². The largest absolute Gasteiger partial charge is 0.369 e. The van der Waals surface area contributed by atoms with Gasteiger partial charge in [-0.1, -0.05) is 6.92 Å². The second-order valence-electron chi connectivity index (χ2n) is 7.26. The van der Waals surface area contributed by atoms with Crippen LogP contribution in [0.15, 0.2) is 24.3 Å². The molecule has 0 spiro atoms. The zero-order valence-corrected chi connectivity index (χ0v) is 15.2. The number of nitrogens with one attached hydrogen (secondary N) is 2. The minimum Gasteiger partial charge on any atom is -0.369 e. The summed E-state index contributed by atoms with van der Waals surface area (Å²) >= 11 is 0. The number of benzene rings is 1. The molecule has 0 radical (unpaired) electrons. The molecule has 0 saturated carbocycles. The Balaban J connectivity index is 1.49. The second-order valence-corrected chi connectivity index (χ2v) is 7.26. The van der Waals surface area contributed by atoms with Crippen molar-refractivity contribution in [3.63, 3.8) is 0 Å². The van der Waals surface area contributed by atoms with Gasteiger partial charge in [0.15, 0.2) is 0 Å². The Labute approximate surface area is 149 Å². The first kappa shape index (κ1) is 18.1. The number of halogens is 1. The summed E-state index contributed by atoms with van der Waals surface area (Å²) in [6, 6.07) is 6.80. The van der Waals surface area contributed by atoms with Crippen LogP contribution in [0.5, 0.6) is 0 Å². The van der Waals surface area contributed by atoms with Crippen molar-refractivity contribution in [3.05, 3.63) is 30.1 Å². The minimum absolute atomic E-state index is 0.113. The van der Waals surface area contributed by atoms with Crippen LogP contribution in [-0.4, -0.2) is 62.2 Å². The summed E-state index contributed by atoms with van der Waals surface area (Å²) in [5.74, 6) is 0.397. The molecule has 1 aromatic carbocycles. The molecule has 2 N–H and O–H groups in total. The summed E-state index contributed by atoms with van der Waals surface area (Å²) in [7, 11) is 0. The van der Waals surface area contributed by atoms with E-state index in [0.717, 1.165) is 51.4 Å². The molecule has 0 aliphatic carbocycles. The van der Waals surface area contributed by atoms with Crippen LogP contribution >= 0.6 is 0 Å². The molecule has 2 heterocycles. The van der Waals surface area contributed by atoms with Crippen molar-refractivity contribution >= 4 is 11.6 Å². The summed E-state index contributed by atoms with van der Waals surface area (Å²) in [5.41, 5.74) is 1.04. The number of piperidine rings is 1. The van der Waals surface area contributed by atoms with E-state index in [1.165, 1.54) is 12.1 Å². The van der Waals surface area contributed by atoms with Crippen LogP contribution in [0.1, 0.15) is 20.3 Å². The van der Waals surface area contributed by atoms with Gasteiger partial charge >= 0.3 is 0 Å². The molecule has 3 atom stereocenters. The van der Waals surface area contributed by atoms with Crippen LogP contribution in [0.25, 0.3) is 0 Å².